The molecule has 0 bridgehead atoms. The Morgan fingerprint density at radius 1 is 1.35 bits per heavy atom. The summed E-state index contributed by atoms with van der Waals surface area (Å²) in [5, 5.41) is 3.62. The molecule has 0 aliphatic carbocycles. The number of carbonyl (C=O) groups is 1. The number of hydrogen-bond acceptors (Lipinski definition) is 6. The lowest BCUT2D eigenvalue weighted by atomic mass is 10.1. The van der Waals surface area contributed by atoms with Crippen molar-refractivity contribution in [2.45, 2.75) is 0 Å². The Morgan fingerprint density at radius 3 is 2.95 bits per heavy atom. The molecule has 0 unspecified atom stereocenters. The van der Waals surface area contributed by atoms with Gasteiger partial charge in [-0.25, -0.2) is 20.6 Å². The first-order valence-corrected chi connectivity index (χ1v) is 6.55. The number of benzene rings is 1. The zero-order valence-corrected chi connectivity index (χ0v) is 11.0. The molecule has 100 valence electrons. The van der Waals surface area contributed by atoms with Gasteiger partial charge in [-0.2, -0.15) is 0 Å². The number of nitrogens with two attached hydrogens (primary N) is 1. The summed E-state index contributed by atoms with van der Waals surface area (Å²) in [5.41, 5.74) is 0.813. The molecule has 3 aromatic rings. The van der Waals surface area contributed by atoms with Crippen LogP contribution in [0.5, 0.6) is 0 Å². The fraction of sp³-hybridized carbons (Fsp3) is 0. The van der Waals surface area contributed by atoms with Gasteiger partial charge in [-0.05, 0) is 12.1 Å². The monoisotopic (exact) mass is 287 g/mol. The second-order valence-corrected chi connectivity index (χ2v) is 4.85. The first-order chi connectivity index (χ1) is 9.69. The molecule has 0 spiro atoms. The Kier molecular flexibility index (Phi) is 3.05. The molecule has 1 amide bonds. The SMILES string of the molecule is NN(C=O)c1nc(-c2cc3ccccc3oc2=O)cs1. The molecule has 6 nitrogen and oxygen atoms in total. The van der Waals surface area contributed by atoms with Crippen LogP contribution in [0, 0.1) is 0 Å². The van der Waals surface area contributed by atoms with Crippen LogP contribution in [-0.2, 0) is 4.79 Å². The van der Waals surface area contributed by atoms with Crippen molar-refractivity contribution in [1.82, 2.24) is 4.98 Å². The molecule has 0 saturated heterocycles. The van der Waals surface area contributed by atoms with Crippen LogP contribution in [-0.4, -0.2) is 11.4 Å². The van der Waals surface area contributed by atoms with Crippen LogP contribution in [0.2, 0.25) is 0 Å². The Balaban J connectivity index is 2.14. The normalized spacial score (nSPS) is 10.7. The number of rotatable bonds is 3. The number of aromatic nitrogens is 1. The molecule has 2 aromatic heterocycles. The zero-order valence-electron chi connectivity index (χ0n) is 10.1. The van der Waals surface area contributed by atoms with Crippen LogP contribution in [0.1, 0.15) is 0 Å². The van der Waals surface area contributed by atoms with E-state index in [1.54, 1.807) is 23.6 Å². The summed E-state index contributed by atoms with van der Waals surface area (Å²) >= 11 is 1.17. The number of nitrogens with zero attached hydrogens (tertiary/aromatic N) is 2. The average Bonchev–Trinajstić information content (AvgIpc) is 2.95. The summed E-state index contributed by atoms with van der Waals surface area (Å²) in [6.07, 6.45) is 0.450. The van der Waals surface area contributed by atoms with Gasteiger partial charge < -0.3 is 4.42 Å². The molecule has 2 N–H and O–H groups in total. The predicted octanol–water partition coefficient (Wildman–Crippen LogP) is 1.75. The Labute approximate surface area is 117 Å². The van der Waals surface area contributed by atoms with E-state index in [0.717, 1.165) is 10.4 Å². The Hall–Kier alpha value is -2.51. The summed E-state index contributed by atoms with van der Waals surface area (Å²) in [5.74, 6) is 5.43. The van der Waals surface area contributed by atoms with Crippen molar-refractivity contribution >= 4 is 33.8 Å². The Morgan fingerprint density at radius 2 is 2.15 bits per heavy atom. The van der Waals surface area contributed by atoms with Crippen molar-refractivity contribution in [2.75, 3.05) is 5.01 Å². The van der Waals surface area contributed by atoms with E-state index in [1.807, 2.05) is 12.1 Å². The van der Waals surface area contributed by atoms with Gasteiger partial charge in [-0.1, -0.05) is 18.2 Å². The number of carbonyl (C=O) groups excluding carboxylic acids is 1. The first kappa shape index (κ1) is 12.5. The fourth-order valence-corrected chi connectivity index (χ4v) is 2.50. The summed E-state index contributed by atoms with van der Waals surface area (Å²) in [6.45, 7) is 0. The highest BCUT2D eigenvalue weighted by Gasteiger charge is 2.13. The topological polar surface area (TPSA) is 89.4 Å². The number of fused-ring (bicyclic) bond motifs is 1. The summed E-state index contributed by atoms with van der Waals surface area (Å²) in [7, 11) is 0. The van der Waals surface area contributed by atoms with Gasteiger partial charge in [0.05, 0.1) is 11.3 Å². The minimum absolute atomic E-state index is 0.308. The van der Waals surface area contributed by atoms with E-state index in [2.05, 4.69) is 4.98 Å². The molecular formula is C13H9N3O3S. The molecule has 0 radical (unpaired) electrons. The Bertz CT molecular complexity index is 840. The lowest BCUT2D eigenvalue weighted by molar-refractivity contribution is -0.107. The maximum atomic E-state index is 12.0. The number of thiazole rings is 1. The van der Waals surface area contributed by atoms with Crippen molar-refractivity contribution in [3.8, 4) is 11.3 Å². The van der Waals surface area contributed by atoms with E-state index in [0.29, 0.717) is 28.4 Å². The van der Waals surface area contributed by atoms with Crippen molar-refractivity contribution in [3.63, 3.8) is 0 Å². The molecule has 0 aliphatic rings. The molecule has 7 heteroatoms. The van der Waals surface area contributed by atoms with Crippen LogP contribution < -0.4 is 16.5 Å². The molecule has 20 heavy (non-hydrogen) atoms. The van der Waals surface area contributed by atoms with Crippen molar-refractivity contribution < 1.29 is 9.21 Å². The van der Waals surface area contributed by atoms with Crippen LogP contribution in [0.15, 0.2) is 44.9 Å². The van der Waals surface area contributed by atoms with Gasteiger partial charge in [-0.3, -0.25) is 4.79 Å². The van der Waals surface area contributed by atoms with Gasteiger partial charge >= 0.3 is 5.63 Å². The van der Waals surface area contributed by atoms with E-state index >= 15 is 0 Å². The number of anilines is 1. The van der Waals surface area contributed by atoms with Crippen LogP contribution >= 0.6 is 11.3 Å². The van der Waals surface area contributed by atoms with E-state index in [9.17, 15) is 9.59 Å². The maximum Gasteiger partial charge on any atom is 0.345 e. The van der Waals surface area contributed by atoms with Gasteiger partial charge in [0.1, 0.15) is 5.58 Å². The second-order valence-electron chi connectivity index (χ2n) is 4.01. The van der Waals surface area contributed by atoms with Gasteiger partial charge in [0.2, 0.25) is 11.5 Å². The van der Waals surface area contributed by atoms with E-state index < -0.39 is 5.63 Å². The molecule has 0 atom stereocenters. The standard InChI is InChI=1S/C13H9N3O3S/c14-16(7-17)13-15-10(6-20-13)9-5-8-3-1-2-4-11(8)19-12(9)18/h1-7H,14H2. The van der Waals surface area contributed by atoms with Gasteiger partial charge in [0.25, 0.3) is 0 Å². The third kappa shape index (κ3) is 2.09. The van der Waals surface area contributed by atoms with E-state index in [-0.39, 0.29) is 0 Å². The van der Waals surface area contributed by atoms with Gasteiger partial charge in [-0.15, -0.1) is 11.3 Å². The van der Waals surface area contributed by atoms with Crippen LogP contribution in [0.4, 0.5) is 5.13 Å². The molecule has 0 fully saturated rings. The molecule has 3 rings (SSSR count). The van der Waals surface area contributed by atoms with Crippen molar-refractivity contribution in [2.24, 2.45) is 5.84 Å². The highest BCUT2D eigenvalue weighted by Crippen LogP contribution is 2.25. The minimum Gasteiger partial charge on any atom is -0.422 e. The second kappa shape index (κ2) is 4.87. The van der Waals surface area contributed by atoms with E-state index in [4.69, 9.17) is 10.3 Å². The quantitative estimate of drug-likeness (QED) is 0.260. The lowest BCUT2D eigenvalue weighted by Gasteiger charge is -2.03. The first-order valence-electron chi connectivity index (χ1n) is 5.67. The largest absolute Gasteiger partial charge is 0.422 e. The van der Waals surface area contributed by atoms with E-state index in [1.165, 1.54) is 11.3 Å². The number of para-hydroxylation sites is 1. The highest BCUT2D eigenvalue weighted by atomic mass is 32.1. The fourth-order valence-electron chi connectivity index (χ4n) is 1.79. The summed E-state index contributed by atoms with van der Waals surface area (Å²) in [6, 6.07) is 8.92. The predicted molar refractivity (Wildman–Crippen MR) is 76.3 cm³/mol. The molecule has 0 aliphatic heterocycles. The summed E-state index contributed by atoms with van der Waals surface area (Å²) < 4.78 is 5.24. The highest BCUT2D eigenvalue weighted by molar-refractivity contribution is 7.14. The third-order valence-electron chi connectivity index (χ3n) is 2.74. The smallest absolute Gasteiger partial charge is 0.345 e. The number of hydrazine groups is 1. The molecule has 2 heterocycles. The third-order valence-corrected chi connectivity index (χ3v) is 3.60. The van der Waals surface area contributed by atoms with Crippen LogP contribution in [0.25, 0.3) is 22.2 Å². The van der Waals surface area contributed by atoms with Gasteiger partial charge in [0.15, 0.2) is 0 Å². The maximum absolute atomic E-state index is 12.0. The zero-order chi connectivity index (χ0) is 14.1. The number of amides is 1. The van der Waals surface area contributed by atoms with Crippen molar-refractivity contribution in [1.29, 1.82) is 0 Å². The molecule has 1 aromatic carbocycles. The average molecular weight is 287 g/mol. The lowest BCUT2D eigenvalue weighted by Crippen LogP contribution is -2.28. The molecular weight excluding hydrogens is 278 g/mol. The number of hydrogen-bond donors (Lipinski definition) is 1. The molecule has 0 saturated carbocycles. The van der Waals surface area contributed by atoms with Crippen LogP contribution in [0.3, 0.4) is 0 Å². The minimum atomic E-state index is -0.477. The van der Waals surface area contributed by atoms with Crippen molar-refractivity contribution in [3.05, 3.63) is 46.1 Å². The summed E-state index contributed by atoms with van der Waals surface area (Å²) in [4.78, 5) is 26.7. The van der Waals surface area contributed by atoms with Gasteiger partial charge in [0, 0.05) is 10.8 Å².